The van der Waals surface area contributed by atoms with Gasteiger partial charge in [0, 0.05) is 39.2 Å². The van der Waals surface area contributed by atoms with E-state index in [1.807, 2.05) is 4.90 Å². The van der Waals surface area contributed by atoms with Crippen molar-refractivity contribution >= 4 is 23.4 Å². The highest BCUT2D eigenvalue weighted by atomic mass is 35.5. The van der Waals surface area contributed by atoms with Crippen molar-refractivity contribution in [2.45, 2.75) is 12.0 Å². The molecule has 7 nitrogen and oxygen atoms in total. The highest BCUT2D eigenvalue weighted by Crippen LogP contribution is 2.28. The fourth-order valence-electron chi connectivity index (χ4n) is 3.11. The summed E-state index contributed by atoms with van der Waals surface area (Å²) in [4.78, 5) is 28.0. The van der Waals surface area contributed by atoms with E-state index in [1.165, 1.54) is 6.26 Å². The van der Waals surface area contributed by atoms with Gasteiger partial charge in [0.1, 0.15) is 5.54 Å². The molecule has 0 spiro atoms. The topological polar surface area (TPSA) is 89.0 Å². The van der Waals surface area contributed by atoms with Crippen LogP contribution in [0.15, 0.2) is 16.7 Å². The minimum Gasteiger partial charge on any atom is -0.452 e. The summed E-state index contributed by atoms with van der Waals surface area (Å²) in [6.07, 6.45) is 1.99. The molecule has 1 unspecified atom stereocenters. The predicted molar refractivity (Wildman–Crippen MR) is 78.6 cm³/mol. The Bertz CT molecular complexity index is 574. The number of carbonyl (C=O) groups excluding carboxylic acids is 2. The van der Waals surface area contributed by atoms with E-state index in [1.54, 1.807) is 11.0 Å². The van der Waals surface area contributed by atoms with Crippen LogP contribution >= 0.6 is 11.6 Å². The third kappa shape index (κ3) is 2.49. The van der Waals surface area contributed by atoms with Crippen molar-refractivity contribution in [3.05, 3.63) is 23.1 Å². The van der Waals surface area contributed by atoms with Gasteiger partial charge >= 0.3 is 0 Å². The van der Waals surface area contributed by atoms with Crippen LogP contribution in [-0.4, -0.2) is 66.5 Å². The Labute approximate surface area is 132 Å². The van der Waals surface area contributed by atoms with Gasteiger partial charge in [-0.2, -0.15) is 0 Å². The molecule has 22 heavy (non-hydrogen) atoms. The van der Waals surface area contributed by atoms with Gasteiger partial charge in [-0.05, 0) is 17.7 Å². The Morgan fingerprint density at radius 2 is 2.00 bits per heavy atom. The zero-order chi connectivity index (χ0) is 15.7. The van der Waals surface area contributed by atoms with Crippen LogP contribution in [0.4, 0.5) is 0 Å². The molecule has 1 aromatic heterocycles. The highest BCUT2D eigenvalue weighted by molar-refractivity contribution is 6.32. The number of halogens is 1. The van der Waals surface area contributed by atoms with Crippen LogP contribution in [0.5, 0.6) is 0 Å². The molecule has 120 valence electrons. The number of nitrogens with two attached hydrogens (primary N) is 1. The van der Waals surface area contributed by atoms with Gasteiger partial charge in [0.2, 0.25) is 11.1 Å². The lowest BCUT2D eigenvalue weighted by Gasteiger charge is -2.43. The van der Waals surface area contributed by atoms with Crippen molar-refractivity contribution in [2.75, 3.05) is 39.4 Å². The molecule has 2 fully saturated rings. The van der Waals surface area contributed by atoms with E-state index in [4.69, 9.17) is 26.5 Å². The number of rotatable bonds is 3. The van der Waals surface area contributed by atoms with E-state index in [9.17, 15) is 9.59 Å². The Balaban J connectivity index is 1.66. The fraction of sp³-hybridized carbons (Fsp3) is 0.571. The summed E-state index contributed by atoms with van der Waals surface area (Å²) in [5.74, 6) is -0.517. The van der Waals surface area contributed by atoms with E-state index in [-0.39, 0.29) is 17.0 Å². The lowest BCUT2D eigenvalue weighted by atomic mass is 9.94. The van der Waals surface area contributed by atoms with Crippen LogP contribution in [0.2, 0.25) is 5.22 Å². The Morgan fingerprint density at radius 3 is 2.50 bits per heavy atom. The number of piperazine rings is 1. The number of carbonyl (C=O) groups is 2. The summed E-state index contributed by atoms with van der Waals surface area (Å²) in [6.45, 7) is 3.03. The smallest absolute Gasteiger partial charge is 0.258 e. The van der Waals surface area contributed by atoms with Crippen molar-refractivity contribution < 1.29 is 18.7 Å². The molecule has 0 bridgehead atoms. The standard InChI is InChI=1S/C14H18ClN3O4/c15-11-10(1-7-22-11)12(19)17-3-5-18(6-4-17)14(13(16)20)2-8-21-9-14/h1,7H,2-6,8-9H2,(H2,16,20). The molecular formula is C14H18ClN3O4. The number of ether oxygens (including phenoxy) is 1. The minimum atomic E-state index is -0.734. The Hall–Kier alpha value is -1.57. The molecule has 0 aliphatic carbocycles. The maximum absolute atomic E-state index is 12.4. The third-order valence-corrected chi connectivity index (χ3v) is 4.77. The molecule has 0 saturated carbocycles. The molecule has 0 aromatic carbocycles. The zero-order valence-electron chi connectivity index (χ0n) is 12.1. The van der Waals surface area contributed by atoms with E-state index >= 15 is 0 Å². The van der Waals surface area contributed by atoms with Crippen LogP contribution in [-0.2, 0) is 9.53 Å². The van der Waals surface area contributed by atoms with E-state index < -0.39 is 5.54 Å². The van der Waals surface area contributed by atoms with Crippen LogP contribution in [0, 0.1) is 0 Å². The molecular weight excluding hydrogens is 310 g/mol. The normalized spacial score (nSPS) is 26.3. The second-order valence-electron chi connectivity index (χ2n) is 5.59. The number of nitrogens with zero attached hydrogens (tertiary/aromatic N) is 2. The van der Waals surface area contributed by atoms with E-state index in [2.05, 4.69) is 0 Å². The maximum Gasteiger partial charge on any atom is 0.258 e. The number of primary amides is 1. The molecule has 2 aliphatic heterocycles. The summed E-state index contributed by atoms with van der Waals surface area (Å²) in [6, 6.07) is 1.56. The third-order valence-electron chi connectivity index (χ3n) is 4.48. The number of hydrogen-bond acceptors (Lipinski definition) is 5. The minimum absolute atomic E-state index is 0.102. The first-order valence-corrected chi connectivity index (χ1v) is 7.57. The first kappa shape index (κ1) is 15.3. The van der Waals surface area contributed by atoms with Crippen LogP contribution in [0.1, 0.15) is 16.8 Å². The lowest BCUT2D eigenvalue weighted by Crippen LogP contribution is -2.63. The van der Waals surface area contributed by atoms with Gasteiger partial charge in [0.25, 0.3) is 5.91 Å². The lowest BCUT2D eigenvalue weighted by molar-refractivity contribution is -0.131. The molecule has 2 aliphatic rings. The number of hydrogen-bond donors (Lipinski definition) is 1. The molecule has 3 rings (SSSR count). The fourth-order valence-corrected chi connectivity index (χ4v) is 3.30. The van der Waals surface area contributed by atoms with Crippen molar-refractivity contribution in [3.63, 3.8) is 0 Å². The molecule has 1 atom stereocenters. The monoisotopic (exact) mass is 327 g/mol. The number of furan rings is 1. The highest BCUT2D eigenvalue weighted by Gasteiger charge is 2.47. The molecule has 1 aromatic rings. The molecule has 8 heteroatoms. The molecule has 3 heterocycles. The summed E-state index contributed by atoms with van der Waals surface area (Å²) >= 11 is 5.85. The van der Waals surface area contributed by atoms with Gasteiger partial charge in [-0.1, -0.05) is 0 Å². The van der Waals surface area contributed by atoms with Crippen molar-refractivity contribution in [3.8, 4) is 0 Å². The van der Waals surface area contributed by atoms with Gasteiger partial charge in [-0.25, -0.2) is 0 Å². The molecule has 2 amide bonds. The van der Waals surface area contributed by atoms with Gasteiger partial charge in [-0.15, -0.1) is 0 Å². The van der Waals surface area contributed by atoms with E-state index in [0.29, 0.717) is 51.4 Å². The van der Waals surface area contributed by atoms with Crippen LogP contribution in [0.25, 0.3) is 0 Å². The Kier molecular flexibility index (Phi) is 4.12. The summed E-state index contributed by atoms with van der Waals surface area (Å²) in [5, 5.41) is 0.102. The number of amides is 2. The summed E-state index contributed by atoms with van der Waals surface area (Å²) < 4.78 is 10.3. The summed E-state index contributed by atoms with van der Waals surface area (Å²) in [5.41, 5.74) is 5.22. The average molecular weight is 328 g/mol. The molecule has 2 saturated heterocycles. The predicted octanol–water partition coefficient (Wildman–Crippen LogP) is 0.335. The second-order valence-corrected chi connectivity index (χ2v) is 5.93. The zero-order valence-corrected chi connectivity index (χ0v) is 12.8. The van der Waals surface area contributed by atoms with Crippen molar-refractivity contribution in [1.29, 1.82) is 0 Å². The van der Waals surface area contributed by atoms with Crippen molar-refractivity contribution in [2.24, 2.45) is 5.73 Å². The molecule has 0 radical (unpaired) electrons. The molecule has 2 N–H and O–H groups in total. The Morgan fingerprint density at radius 1 is 1.27 bits per heavy atom. The van der Waals surface area contributed by atoms with Crippen LogP contribution < -0.4 is 5.73 Å². The van der Waals surface area contributed by atoms with Gasteiger partial charge in [-0.3, -0.25) is 14.5 Å². The first-order chi connectivity index (χ1) is 10.5. The van der Waals surface area contributed by atoms with Crippen molar-refractivity contribution in [1.82, 2.24) is 9.80 Å². The first-order valence-electron chi connectivity index (χ1n) is 7.19. The van der Waals surface area contributed by atoms with Crippen LogP contribution in [0.3, 0.4) is 0 Å². The van der Waals surface area contributed by atoms with E-state index in [0.717, 1.165) is 0 Å². The van der Waals surface area contributed by atoms with Gasteiger partial charge < -0.3 is 19.8 Å². The quantitative estimate of drug-likeness (QED) is 0.864. The largest absolute Gasteiger partial charge is 0.452 e. The van der Waals surface area contributed by atoms with Gasteiger partial charge in [0.05, 0.1) is 18.4 Å². The second kappa shape index (κ2) is 5.91. The van der Waals surface area contributed by atoms with Gasteiger partial charge in [0.15, 0.2) is 0 Å². The maximum atomic E-state index is 12.4. The SMILES string of the molecule is NC(=O)C1(N2CCN(C(=O)c3ccoc3Cl)CC2)CCOC1. The average Bonchev–Trinajstić information content (AvgIpc) is 3.16. The summed E-state index contributed by atoms with van der Waals surface area (Å²) in [7, 11) is 0.